The van der Waals surface area contributed by atoms with E-state index in [9.17, 15) is 9.59 Å². The van der Waals surface area contributed by atoms with Gasteiger partial charge < -0.3 is 19.5 Å². The highest BCUT2D eigenvalue weighted by molar-refractivity contribution is 6.30. The van der Waals surface area contributed by atoms with E-state index in [1.165, 1.54) is 19.4 Å². The number of methoxy groups -OCH3 is 2. The summed E-state index contributed by atoms with van der Waals surface area (Å²) in [6.45, 7) is 0.326. The van der Waals surface area contributed by atoms with Crippen molar-refractivity contribution in [3.63, 3.8) is 0 Å². The molecule has 0 unspecified atom stereocenters. The molecule has 0 saturated heterocycles. The molecule has 3 rings (SSSR count). The van der Waals surface area contributed by atoms with Crippen LogP contribution in [-0.2, 0) is 22.6 Å². The molecular weight excluding hydrogens is 420 g/mol. The third-order valence-electron chi connectivity index (χ3n) is 4.37. The Kier molecular flexibility index (Phi) is 7.45. The van der Waals surface area contributed by atoms with Gasteiger partial charge in [-0.3, -0.25) is 4.79 Å². The Labute approximate surface area is 184 Å². The lowest BCUT2D eigenvalue weighted by Gasteiger charge is -2.13. The van der Waals surface area contributed by atoms with Crippen molar-refractivity contribution in [3.8, 4) is 11.5 Å². The highest BCUT2D eigenvalue weighted by atomic mass is 35.5. The summed E-state index contributed by atoms with van der Waals surface area (Å²) in [5, 5.41) is 3.24. The summed E-state index contributed by atoms with van der Waals surface area (Å²) in [5.41, 5.74) is 2.13. The molecule has 160 valence electrons. The van der Waals surface area contributed by atoms with Gasteiger partial charge in [-0.15, -0.1) is 0 Å². The molecule has 31 heavy (non-hydrogen) atoms. The van der Waals surface area contributed by atoms with Crippen molar-refractivity contribution in [2.45, 2.75) is 13.0 Å². The van der Waals surface area contributed by atoms with Gasteiger partial charge >= 0.3 is 5.97 Å². The summed E-state index contributed by atoms with van der Waals surface area (Å²) >= 11 is 6.12. The topological polar surface area (TPSA) is 86.8 Å². The summed E-state index contributed by atoms with van der Waals surface area (Å²) in [5.74, 6) is 0.443. The Balaban J connectivity index is 1.68. The van der Waals surface area contributed by atoms with Crippen molar-refractivity contribution in [2.24, 2.45) is 0 Å². The molecule has 0 saturated carbocycles. The second-order valence-corrected chi connectivity index (χ2v) is 6.97. The number of halogens is 1. The van der Waals surface area contributed by atoms with E-state index in [1.807, 2.05) is 24.3 Å². The fraction of sp³-hybridized carbons (Fsp3) is 0.174. The molecule has 0 aliphatic carbocycles. The molecule has 0 aliphatic rings. The summed E-state index contributed by atoms with van der Waals surface area (Å²) in [7, 11) is 2.88. The lowest BCUT2D eigenvalue weighted by molar-refractivity contribution is -0.115. The molecule has 0 fully saturated rings. The number of esters is 1. The minimum atomic E-state index is -0.583. The number of benzene rings is 2. The zero-order valence-corrected chi connectivity index (χ0v) is 17.8. The number of aromatic nitrogens is 1. The van der Waals surface area contributed by atoms with E-state index in [4.69, 9.17) is 21.1 Å². The van der Waals surface area contributed by atoms with Crippen LogP contribution in [0.15, 0.2) is 60.8 Å². The molecule has 1 amide bonds. The zero-order valence-electron chi connectivity index (χ0n) is 17.1. The summed E-state index contributed by atoms with van der Waals surface area (Å²) in [6.07, 6.45) is 1.46. The number of hydrogen-bond donors (Lipinski definition) is 1. The lowest BCUT2D eigenvalue weighted by Crippen LogP contribution is -2.16. The van der Waals surface area contributed by atoms with Crippen LogP contribution in [-0.4, -0.2) is 31.1 Å². The molecule has 2 aromatic carbocycles. The maximum Gasteiger partial charge on any atom is 0.356 e. The molecular formula is C23H21ClN2O5. The highest BCUT2D eigenvalue weighted by Crippen LogP contribution is 2.25. The van der Waals surface area contributed by atoms with Gasteiger partial charge in [0, 0.05) is 22.5 Å². The van der Waals surface area contributed by atoms with Crippen LogP contribution in [0, 0.1) is 0 Å². The number of amides is 1. The fourth-order valence-corrected chi connectivity index (χ4v) is 3.01. The van der Waals surface area contributed by atoms with E-state index in [-0.39, 0.29) is 18.0 Å². The maximum absolute atomic E-state index is 12.6. The quantitative estimate of drug-likeness (QED) is 0.526. The van der Waals surface area contributed by atoms with Crippen molar-refractivity contribution in [3.05, 3.63) is 82.6 Å². The van der Waals surface area contributed by atoms with Crippen LogP contribution < -0.4 is 14.8 Å². The van der Waals surface area contributed by atoms with Crippen LogP contribution in [0.2, 0.25) is 5.02 Å². The number of anilines is 1. The predicted octanol–water partition coefficient (Wildman–Crippen LogP) is 4.29. The minimum Gasteiger partial charge on any atom is -0.497 e. The van der Waals surface area contributed by atoms with E-state index in [2.05, 4.69) is 15.0 Å². The van der Waals surface area contributed by atoms with E-state index >= 15 is 0 Å². The SMILES string of the molecule is COC(=O)c1cc(NC(=O)Cc2cc(Cl)ccc2OCc2ccc(OC)cc2)ccn1. The van der Waals surface area contributed by atoms with Gasteiger partial charge in [-0.25, -0.2) is 9.78 Å². The van der Waals surface area contributed by atoms with Gasteiger partial charge in [0.05, 0.1) is 20.6 Å². The first kappa shape index (κ1) is 22.1. The number of rotatable bonds is 8. The van der Waals surface area contributed by atoms with Crippen molar-refractivity contribution >= 4 is 29.2 Å². The first-order valence-electron chi connectivity index (χ1n) is 9.37. The Morgan fingerprint density at radius 2 is 1.81 bits per heavy atom. The average Bonchev–Trinajstić information content (AvgIpc) is 2.78. The van der Waals surface area contributed by atoms with Gasteiger partial charge in [-0.1, -0.05) is 23.7 Å². The average molecular weight is 441 g/mol. The smallest absolute Gasteiger partial charge is 0.356 e. The molecule has 0 spiro atoms. The lowest BCUT2D eigenvalue weighted by atomic mass is 10.1. The molecule has 0 atom stereocenters. The molecule has 0 aliphatic heterocycles. The Morgan fingerprint density at radius 3 is 2.52 bits per heavy atom. The molecule has 1 N–H and O–H groups in total. The zero-order chi connectivity index (χ0) is 22.2. The number of carbonyl (C=O) groups excluding carboxylic acids is 2. The van der Waals surface area contributed by atoms with Crippen LogP contribution >= 0.6 is 11.6 Å². The largest absolute Gasteiger partial charge is 0.497 e. The Bertz CT molecular complexity index is 1070. The van der Waals surface area contributed by atoms with Crippen molar-refractivity contribution < 1.29 is 23.8 Å². The van der Waals surface area contributed by atoms with Crippen molar-refractivity contribution in [1.29, 1.82) is 0 Å². The van der Waals surface area contributed by atoms with Gasteiger partial charge in [0.2, 0.25) is 5.91 Å². The number of ether oxygens (including phenoxy) is 3. The van der Waals surface area contributed by atoms with E-state index < -0.39 is 5.97 Å². The number of hydrogen-bond acceptors (Lipinski definition) is 6. The molecule has 0 bridgehead atoms. The standard InChI is InChI=1S/C23H21ClN2O5/c1-29-19-6-3-15(4-7-19)14-31-21-8-5-17(24)11-16(21)12-22(27)26-18-9-10-25-20(13-18)23(28)30-2/h3-11,13H,12,14H2,1-2H3,(H,25,26,27). The van der Waals surface area contributed by atoms with Crippen LogP contribution in [0.25, 0.3) is 0 Å². The van der Waals surface area contributed by atoms with E-state index in [0.717, 1.165) is 11.3 Å². The number of nitrogens with zero attached hydrogens (tertiary/aromatic N) is 1. The van der Waals surface area contributed by atoms with E-state index in [0.29, 0.717) is 28.6 Å². The molecule has 7 nitrogen and oxygen atoms in total. The van der Waals surface area contributed by atoms with Crippen molar-refractivity contribution in [2.75, 3.05) is 19.5 Å². The number of carbonyl (C=O) groups is 2. The normalized spacial score (nSPS) is 10.3. The van der Waals surface area contributed by atoms with Gasteiger partial charge in [-0.05, 0) is 48.0 Å². The number of pyridine rings is 1. The van der Waals surface area contributed by atoms with Gasteiger partial charge in [-0.2, -0.15) is 0 Å². The Morgan fingerprint density at radius 1 is 1.03 bits per heavy atom. The first-order valence-corrected chi connectivity index (χ1v) is 9.74. The fourth-order valence-electron chi connectivity index (χ4n) is 2.81. The van der Waals surface area contributed by atoms with E-state index in [1.54, 1.807) is 31.4 Å². The first-order chi connectivity index (χ1) is 15.0. The Hall–Kier alpha value is -3.58. The van der Waals surface area contributed by atoms with Crippen LogP contribution in [0.5, 0.6) is 11.5 Å². The predicted molar refractivity (Wildman–Crippen MR) is 117 cm³/mol. The molecule has 8 heteroatoms. The van der Waals surface area contributed by atoms with Crippen LogP contribution in [0.3, 0.4) is 0 Å². The maximum atomic E-state index is 12.6. The summed E-state index contributed by atoms with van der Waals surface area (Å²) < 4.78 is 15.7. The monoisotopic (exact) mass is 440 g/mol. The third kappa shape index (κ3) is 6.20. The van der Waals surface area contributed by atoms with Gasteiger partial charge in [0.25, 0.3) is 0 Å². The molecule has 1 aromatic heterocycles. The minimum absolute atomic E-state index is 0.0361. The highest BCUT2D eigenvalue weighted by Gasteiger charge is 2.13. The molecule has 3 aromatic rings. The molecule has 1 heterocycles. The summed E-state index contributed by atoms with van der Waals surface area (Å²) in [4.78, 5) is 28.1. The second-order valence-electron chi connectivity index (χ2n) is 6.54. The third-order valence-corrected chi connectivity index (χ3v) is 4.60. The van der Waals surface area contributed by atoms with Gasteiger partial charge in [0.15, 0.2) is 0 Å². The van der Waals surface area contributed by atoms with Crippen molar-refractivity contribution in [1.82, 2.24) is 4.98 Å². The molecule has 0 radical (unpaired) electrons. The van der Waals surface area contributed by atoms with Gasteiger partial charge in [0.1, 0.15) is 23.8 Å². The van der Waals surface area contributed by atoms with Crippen LogP contribution in [0.1, 0.15) is 21.6 Å². The summed E-state index contributed by atoms with van der Waals surface area (Å²) in [6, 6.07) is 15.7. The van der Waals surface area contributed by atoms with Crippen LogP contribution in [0.4, 0.5) is 5.69 Å². The number of nitrogens with one attached hydrogen (secondary N) is 1. The second kappa shape index (κ2) is 10.4.